The molecule has 5 heteroatoms. The predicted molar refractivity (Wildman–Crippen MR) is 60.5 cm³/mol. The summed E-state index contributed by atoms with van der Waals surface area (Å²) in [5, 5.41) is 12.9. The summed E-state index contributed by atoms with van der Waals surface area (Å²) in [7, 11) is 0. The smallest absolute Gasteiger partial charge is 0.146 e. The largest absolute Gasteiger partial charge is 0.376 e. The van der Waals surface area contributed by atoms with Crippen LogP contribution in [0.2, 0.25) is 0 Å². The highest BCUT2D eigenvalue weighted by Gasteiger charge is 2.49. The van der Waals surface area contributed by atoms with Gasteiger partial charge in [0.15, 0.2) is 0 Å². The number of Topliss-reactive ketones (excluding diaryl/α,β-unsaturated/α-hetero) is 1. The minimum Gasteiger partial charge on any atom is -0.376 e. The first kappa shape index (κ1) is 10.8. The van der Waals surface area contributed by atoms with Gasteiger partial charge in [-0.15, -0.1) is 23.5 Å². The Hall–Kier alpha value is 0.290. The minimum atomic E-state index is -0.535. The maximum Gasteiger partial charge on any atom is 0.146 e. The van der Waals surface area contributed by atoms with Gasteiger partial charge in [0.2, 0.25) is 0 Å². The third kappa shape index (κ3) is 1.83. The molecule has 2 fully saturated rings. The summed E-state index contributed by atoms with van der Waals surface area (Å²) in [6.07, 6.45) is 1.43. The molecule has 1 spiro atoms. The predicted octanol–water partition coefficient (Wildman–Crippen LogP) is 0.822. The summed E-state index contributed by atoms with van der Waals surface area (Å²) in [5.74, 6) is 2.32. The second-order valence-electron chi connectivity index (χ2n) is 3.80. The molecule has 0 aromatic heterocycles. The van der Waals surface area contributed by atoms with Crippen molar-refractivity contribution < 1.29 is 9.90 Å². The Labute approximate surface area is 92.4 Å². The standard InChI is InChI=1S/C9H15NO2S2/c1-6(11)7-5-9(8(12)10-7)13-3-2-4-14-9/h7-8,10,12H,2-5H2,1H3/t7-,8?/m0/s1. The van der Waals surface area contributed by atoms with Gasteiger partial charge in [0, 0.05) is 0 Å². The minimum absolute atomic E-state index is 0.132. The summed E-state index contributed by atoms with van der Waals surface area (Å²) in [4.78, 5) is 11.2. The van der Waals surface area contributed by atoms with E-state index in [9.17, 15) is 9.90 Å². The summed E-state index contributed by atoms with van der Waals surface area (Å²) in [6, 6.07) is -0.150. The third-order valence-electron chi connectivity index (χ3n) is 2.74. The summed E-state index contributed by atoms with van der Waals surface area (Å²) in [5.41, 5.74) is 0. The molecule has 0 aliphatic carbocycles. The lowest BCUT2D eigenvalue weighted by Gasteiger charge is -2.34. The van der Waals surface area contributed by atoms with E-state index in [-0.39, 0.29) is 15.9 Å². The Balaban J connectivity index is 2.08. The normalized spacial score (nSPS) is 36.1. The third-order valence-corrected chi connectivity index (χ3v) is 6.19. The number of nitrogens with one attached hydrogen (secondary N) is 1. The molecule has 80 valence electrons. The lowest BCUT2D eigenvalue weighted by atomic mass is 10.1. The van der Waals surface area contributed by atoms with Crippen molar-refractivity contribution in [3.05, 3.63) is 0 Å². The molecule has 2 rings (SSSR count). The maximum absolute atomic E-state index is 11.2. The van der Waals surface area contributed by atoms with Gasteiger partial charge >= 0.3 is 0 Å². The van der Waals surface area contributed by atoms with Gasteiger partial charge in [0.1, 0.15) is 16.1 Å². The Morgan fingerprint density at radius 3 is 2.64 bits per heavy atom. The van der Waals surface area contributed by atoms with Gasteiger partial charge in [-0.3, -0.25) is 10.1 Å². The fourth-order valence-corrected chi connectivity index (χ4v) is 5.21. The van der Waals surface area contributed by atoms with Gasteiger partial charge in [-0.25, -0.2) is 0 Å². The van der Waals surface area contributed by atoms with Crippen molar-refractivity contribution >= 4 is 29.3 Å². The summed E-state index contributed by atoms with van der Waals surface area (Å²) in [6.45, 7) is 1.58. The van der Waals surface area contributed by atoms with Crippen molar-refractivity contribution in [2.24, 2.45) is 0 Å². The van der Waals surface area contributed by atoms with Crippen molar-refractivity contribution in [2.75, 3.05) is 11.5 Å². The van der Waals surface area contributed by atoms with Gasteiger partial charge < -0.3 is 5.11 Å². The van der Waals surface area contributed by atoms with Gasteiger partial charge in [0.25, 0.3) is 0 Å². The van der Waals surface area contributed by atoms with Crippen LogP contribution in [-0.2, 0) is 4.79 Å². The number of hydrogen-bond donors (Lipinski definition) is 2. The van der Waals surface area contributed by atoms with Crippen LogP contribution in [0, 0.1) is 0 Å². The molecule has 2 heterocycles. The highest BCUT2D eigenvalue weighted by molar-refractivity contribution is 8.18. The molecule has 0 aromatic rings. The molecular formula is C9H15NO2S2. The number of carbonyl (C=O) groups is 1. The van der Waals surface area contributed by atoms with E-state index in [1.54, 1.807) is 30.4 Å². The number of carbonyl (C=O) groups excluding carboxylic acids is 1. The van der Waals surface area contributed by atoms with E-state index in [1.807, 2.05) is 0 Å². The van der Waals surface area contributed by atoms with Crippen LogP contribution >= 0.6 is 23.5 Å². The molecule has 1 unspecified atom stereocenters. The SMILES string of the molecule is CC(=O)[C@@H]1CC2(SCCCS2)C(O)N1. The Morgan fingerprint density at radius 1 is 1.50 bits per heavy atom. The second kappa shape index (κ2) is 4.04. The van der Waals surface area contributed by atoms with Crippen LogP contribution in [0.1, 0.15) is 19.8 Å². The maximum atomic E-state index is 11.2. The second-order valence-corrected chi connectivity index (χ2v) is 6.91. The van der Waals surface area contributed by atoms with Crippen LogP contribution in [0.15, 0.2) is 0 Å². The molecule has 14 heavy (non-hydrogen) atoms. The van der Waals surface area contributed by atoms with Gasteiger partial charge in [0.05, 0.1) is 6.04 Å². The van der Waals surface area contributed by atoms with E-state index in [0.29, 0.717) is 0 Å². The van der Waals surface area contributed by atoms with Crippen molar-refractivity contribution in [3.63, 3.8) is 0 Å². The van der Waals surface area contributed by atoms with Crippen molar-refractivity contribution in [3.8, 4) is 0 Å². The van der Waals surface area contributed by atoms with Gasteiger partial charge in [-0.2, -0.15) is 0 Å². The average Bonchev–Trinajstić information content (AvgIpc) is 2.46. The van der Waals surface area contributed by atoms with E-state index in [4.69, 9.17) is 0 Å². The molecule has 0 radical (unpaired) electrons. The molecule has 2 aliphatic rings. The molecule has 0 amide bonds. The van der Waals surface area contributed by atoms with E-state index in [0.717, 1.165) is 17.9 Å². The van der Waals surface area contributed by atoms with Crippen LogP contribution in [-0.4, -0.2) is 38.7 Å². The van der Waals surface area contributed by atoms with Crippen LogP contribution in [0.5, 0.6) is 0 Å². The van der Waals surface area contributed by atoms with Crippen LogP contribution < -0.4 is 5.32 Å². The lowest BCUT2D eigenvalue weighted by molar-refractivity contribution is -0.118. The van der Waals surface area contributed by atoms with E-state index >= 15 is 0 Å². The highest BCUT2D eigenvalue weighted by Crippen LogP contribution is 2.50. The number of thioether (sulfide) groups is 2. The number of ketones is 1. The van der Waals surface area contributed by atoms with E-state index < -0.39 is 6.23 Å². The molecule has 2 atom stereocenters. The average molecular weight is 233 g/mol. The van der Waals surface area contributed by atoms with Gasteiger partial charge in [-0.1, -0.05) is 0 Å². The van der Waals surface area contributed by atoms with Crippen LogP contribution in [0.3, 0.4) is 0 Å². The fraction of sp³-hybridized carbons (Fsp3) is 0.889. The van der Waals surface area contributed by atoms with Crippen molar-refractivity contribution in [1.82, 2.24) is 5.32 Å². The van der Waals surface area contributed by atoms with Crippen LogP contribution in [0.25, 0.3) is 0 Å². The lowest BCUT2D eigenvalue weighted by Crippen LogP contribution is -2.40. The number of aliphatic hydroxyl groups excluding tert-OH is 1. The number of aliphatic hydroxyl groups is 1. The zero-order valence-corrected chi connectivity index (χ0v) is 9.79. The molecule has 2 saturated heterocycles. The monoisotopic (exact) mass is 233 g/mol. The zero-order valence-electron chi connectivity index (χ0n) is 8.16. The summed E-state index contributed by atoms with van der Waals surface area (Å²) < 4.78 is -0.158. The van der Waals surface area contributed by atoms with E-state index in [1.165, 1.54) is 6.42 Å². The first-order valence-corrected chi connectivity index (χ1v) is 6.84. The van der Waals surface area contributed by atoms with Crippen molar-refractivity contribution in [2.45, 2.75) is 36.1 Å². The quantitative estimate of drug-likeness (QED) is 0.702. The number of hydrogen-bond acceptors (Lipinski definition) is 5. The summed E-state index contributed by atoms with van der Waals surface area (Å²) >= 11 is 3.60. The number of rotatable bonds is 1. The topological polar surface area (TPSA) is 49.3 Å². The first-order chi connectivity index (χ1) is 6.64. The molecule has 0 aromatic carbocycles. The van der Waals surface area contributed by atoms with Crippen LogP contribution in [0.4, 0.5) is 0 Å². The molecule has 0 bridgehead atoms. The highest BCUT2D eigenvalue weighted by atomic mass is 32.2. The Kier molecular flexibility index (Phi) is 3.12. The molecule has 2 N–H and O–H groups in total. The molecule has 0 saturated carbocycles. The molecule has 3 nitrogen and oxygen atoms in total. The zero-order chi connectivity index (χ0) is 10.2. The molecule has 2 aliphatic heterocycles. The fourth-order valence-electron chi connectivity index (χ4n) is 1.90. The Bertz CT molecular complexity index is 241. The first-order valence-electron chi connectivity index (χ1n) is 4.86. The van der Waals surface area contributed by atoms with E-state index in [2.05, 4.69) is 5.32 Å². The Morgan fingerprint density at radius 2 is 2.14 bits per heavy atom. The van der Waals surface area contributed by atoms with Gasteiger partial charge in [-0.05, 0) is 31.3 Å². The molecular weight excluding hydrogens is 218 g/mol. The van der Waals surface area contributed by atoms with Crippen molar-refractivity contribution in [1.29, 1.82) is 0 Å².